The number of diazo groups is 1. The first-order valence-corrected chi connectivity index (χ1v) is 3.63. The fraction of sp³-hybridized carbons (Fsp3) is 0. The van der Waals surface area contributed by atoms with E-state index in [2.05, 4.69) is 20.2 Å². The Morgan fingerprint density at radius 2 is 1.92 bits per heavy atom. The van der Waals surface area contributed by atoms with Crippen LogP contribution in [0.5, 0.6) is 0 Å². The zero-order chi connectivity index (χ0) is 9.36. The quantitative estimate of drug-likeness (QED) is 0.621. The highest BCUT2D eigenvalue weighted by molar-refractivity contribution is 5.30. The molecule has 0 bridgehead atoms. The average Bonchev–Trinajstić information content (AvgIpc) is 2.74. The van der Waals surface area contributed by atoms with Gasteiger partial charge in [-0.3, -0.25) is 4.98 Å². The molecule has 5 nitrogen and oxygen atoms in total. The number of H-pyrrole nitrogens is 1. The second-order valence-electron chi connectivity index (χ2n) is 2.07. The van der Waals surface area contributed by atoms with Gasteiger partial charge < -0.3 is 0 Å². The Bertz CT molecular complexity index is 321. The third-order valence-corrected chi connectivity index (χ3v) is 1.16. The highest BCUT2D eigenvalue weighted by atomic mass is 15.2. The Balaban J connectivity index is 0.000000132. The maximum absolute atomic E-state index is 7.98. The molecule has 2 heterocycles. The van der Waals surface area contributed by atoms with Gasteiger partial charge in [0.05, 0.1) is 17.7 Å². The van der Waals surface area contributed by atoms with Gasteiger partial charge in [0.25, 0.3) is 0 Å². The molecule has 1 N–H and O–H groups in total. The summed E-state index contributed by atoms with van der Waals surface area (Å²) in [6.45, 7) is 0. The van der Waals surface area contributed by atoms with E-state index in [9.17, 15) is 0 Å². The summed E-state index contributed by atoms with van der Waals surface area (Å²) >= 11 is 0. The molecule has 64 valence electrons. The van der Waals surface area contributed by atoms with Gasteiger partial charge >= 0.3 is 5.82 Å². The normalized spacial score (nSPS) is 7.92. The maximum Gasteiger partial charge on any atom is 0.443 e. The molecule has 0 atom stereocenters. The summed E-state index contributed by atoms with van der Waals surface area (Å²) in [5.41, 5.74) is 0. The lowest BCUT2D eigenvalue weighted by molar-refractivity contribution is 1.10. The van der Waals surface area contributed by atoms with Crippen LogP contribution in [0.15, 0.2) is 42.9 Å². The molecular weight excluding hydrogens is 166 g/mol. The minimum atomic E-state index is 0.375. The van der Waals surface area contributed by atoms with Crippen LogP contribution < -0.4 is 0 Å². The Morgan fingerprint density at radius 3 is 2.15 bits per heavy atom. The lowest BCUT2D eigenvalue weighted by Gasteiger charge is -1.70. The SMILES string of the molecule is N#[N+]c1ccn[nH]1.c1ccncc1. The number of aromatic nitrogens is 3. The van der Waals surface area contributed by atoms with Crippen LogP contribution in [0.3, 0.4) is 0 Å². The predicted molar refractivity (Wildman–Crippen MR) is 47.6 cm³/mol. The first kappa shape index (κ1) is 8.87. The van der Waals surface area contributed by atoms with Crippen molar-refractivity contribution in [2.45, 2.75) is 0 Å². The van der Waals surface area contributed by atoms with Crippen molar-refractivity contribution in [3.8, 4) is 0 Å². The van der Waals surface area contributed by atoms with E-state index in [-0.39, 0.29) is 0 Å². The smallest absolute Gasteiger partial charge is 0.265 e. The third-order valence-electron chi connectivity index (χ3n) is 1.16. The molecule has 0 saturated carbocycles. The van der Waals surface area contributed by atoms with Gasteiger partial charge in [-0.15, -0.1) is 5.10 Å². The first-order valence-electron chi connectivity index (χ1n) is 3.63. The number of hydrogen-bond acceptors (Lipinski definition) is 3. The number of rotatable bonds is 0. The molecule has 0 saturated heterocycles. The number of nitrogens with one attached hydrogen (secondary N) is 1. The highest BCUT2D eigenvalue weighted by Gasteiger charge is 1.97. The average molecular weight is 174 g/mol. The van der Waals surface area contributed by atoms with Gasteiger partial charge in [0.15, 0.2) is 0 Å². The largest absolute Gasteiger partial charge is 0.443 e. The number of nitrogens with zero attached hydrogens (tertiary/aromatic N) is 4. The highest BCUT2D eigenvalue weighted by Crippen LogP contribution is 2.00. The molecule has 0 spiro atoms. The zero-order valence-electron chi connectivity index (χ0n) is 6.83. The van der Waals surface area contributed by atoms with Crippen molar-refractivity contribution in [3.63, 3.8) is 0 Å². The van der Waals surface area contributed by atoms with Gasteiger partial charge in [-0.2, -0.15) is 0 Å². The monoisotopic (exact) mass is 174 g/mol. The molecule has 0 amide bonds. The van der Waals surface area contributed by atoms with Gasteiger partial charge in [0.2, 0.25) is 0 Å². The van der Waals surface area contributed by atoms with E-state index in [0.717, 1.165) is 0 Å². The summed E-state index contributed by atoms with van der Waals surface area (Å²) in [6, 6.07) is 7.27. The van der Waals surface area contributed by atoms with Crippen molar-refractivity contribution < 1.29 is 0 Å². The minimum absolute atomic E-state index is 0.375. The fourth-order valence-electron chi connectivity index (χ4n) is 0.617. The molecule has 0 aromatic carbocycles. The summed E-state index contributed by atoms with van der Waals surface area (Å²) in [5, 5.41) is 13.9. The van der Waals surface area contributed by atoms with Crippen LogP contribution in [-0.2, 0) is 0 Å². The molecule has 13 heavy (non-hydrogen) atoms. The van der Waals surface area contributed by atoms with Crippen LogP contribution >= 0.6 is 0 Å². The topological polar surface area (TPSA) is 69.7 Å². The van der Waals surface area contributed by atoms with E-state index in [1.807, 2.05) is 18.2 Å². The molecule has 0 aliphatic rings. The van der Waals surface area contributed by atoms with Gasteiger partial charge in [-0.25, -0.2) is 0 Å². The minimum Gasteiger partial charge on any atom is -0.265 e. The summed E-state index contributed by atoms with van der Waals surface area (Å²) < 4.78 is 0. The molecule has 0 unspecified atom stereocenters. The maximum atomic E-state index is 7.98. The van der Waals surface area contributed by atoms with Crippen molar-refractivity contribution in [3.05, 3.63) is 47.8 Å². The fourth-order valence-corrected chi connectivity index (χ4v) is 0.617. The lowest BCUT2D eigenvalue weighted by Crippen LogP contribution is -1.58. The van der Waals surface area contributed by atoms with Crippen molar-refractivity contribution in [2.75, 3.05) is 0 Å². The Labute approximate surface area is 75.1 Å². The van der Waals surface area contributed by atoms with Gasteiger partial charge in [-0.05, 0) is 12.1 Å². The zero-order valence-corrected chi connectivity index (χ0v) is 6.83. The van der Waals surface area contributed by atoms with E-state index < -0.39 is 0 Å². The van der Waals surface area contributed by atoms with E-state index >= 15 is 0 Å². The van der Waals surface area contributed by atoms with Crippen LogP contribution in [0.2, 0.25) is 0 Å². The summed E-state index contributed by atoms with van der Waals surface area (Å²) in [4.78, 5) is 6.60. The van der Waals surface area contributed by atoms with Crippen LogP contribution in [0, 0.1) is 5.39 Å². The van der Waals surface area contributed by atoms with Crippen LogP contribution in [0.1, 0.15) is 0 Å². The van der Waals surface area contributed by atoms with E-state index in [1.165, 1.54) is 6.20 Å². The summed E-state index contributed by atoms with van der Waals surface area (Å²) in [7, 11) is 0. The molecule has 0 radical (unpaired) electrons. The molecule has 2 aromatic rings. The van der Waals surface area contributed by atoms with Crippen molar-refractivity contribution in [2.24, 2.45) is 0 Å². The summed E-state index contributed by atoms with van der Waals surface area (Å²) in [5.74, 6) is 0.375. The van der Waals surface area contributed by atoms with Crippen molar-refractivity contribution in [1.82, 2.24) is 15.2 Å². The van der Waals surface area contributed by atoms with Gasteiger partial charge in [-0.1, -0.05) is 11.2 Å². The van der Waals surface area contributed by atoms with E-state index in [4.69, 9.17) is 5.39 Å². The van der Waals surface area contributed by atoms with E-state index in [0.29, 0.717) is 5.82 Å². The Morgan fingerprint density at radius 1 is 1.15 bits per heavy atom. The van der Waals surface area contributed by atoms with Gasteiger partial charge in [0, 0.05) is 17.4 Å². The summed E-state index contributed by atoms with van der Waals surface area (Å²) in [6.07, 6.45) is 5.01. The lowest BCUT2D eigenvalue weighted by atomic mass is 10.5. The predicted octanol–water partition coefficient (Wildman–Crippen LogP) is 1.98. The Hall–Kier alpha value is -2.22. The van der Waals surface area contributed by atoms with Crippen LogP contribution in [0.25, 0.3) is 4.98 Å². The van der Waals surface area contributed by atoms with Gasteiger partial charge in [0.1, 0.15) is 0 Å². The Kier molecular flexibility index (Phi) is 3.71. The standard InChI is InChI=1S/C5H5N.C3H3N4/c1-2-4-6-5-3-1;4-6-3-1-2-5-7-3/h1-5H;1-2H,(H,5,7)/q;+1. The molecule has 2 rings (SSSR count). The number of aromatic amines is 1. The number of pyridine rings is 1. The molecule has 2 aromatic heterocycles. The molecule has 0 aliphatic heterocycles. The third kappa shape index (κ3) is 3.62. The molecular formula is C8H8N5+. The van der Waals surface area contributed by atoms with Crippen molar-refractivity contribution >= 4 is 5.82 Å². The second-order valence-corrected chi connectivity index (χ2v) is 2.07. The van der Waals surface area contributed by atoms with Crippen molar-refractivity contribution in [1.29, 1.82) is 5.39 Å². The van der Waals surface area contributed by atoms with Crippen LogP contribution in [-0.4, -0.2) is 15.2 Å². The molecule has 5 heteroatoms. The first-order chi connectivity index (χ1) is 6.43. The molecule has 0 aliphatic carbocycles. The number of hydrogen-bond donors (Lipinski definition) is 1. The van der Waals surface area contributed by atoms with Crippen LogP contribution in [0.4, 0.5) is 5.82 Å². The second kappa shape index (κ2) is 5.43. The van der Waals surface area contributed by atoms with E-state index in [1.54, 1.807) is 18.5 Å². The molecule has 0 fully saturated rings.